The van der Waals surface area contributed by atoms with E-state index in [4.69, 9.17) is 31.5 Å². The Morgan fingerprint density at radius 1 is 0.368 bits per heavy atom. The highest BCUT2D eigenvalue weighted by Gasteiger charge is 2.21. The molecule has 7 aromatic carbocycles. The van der Waals surface area contributed by atoms with E-state index in [1.807, 2.05) is 133 Å². The van der Waals surface area contributed by atoms with E-state index in [0.29, 0.717) is 29.0 Å². The maximum Gasteiger partial charge on any atom is 0.189 e. The van der Waals surface area contributed by atoms with Crippen molar-refractivity contribution in [2.45, 2.75) is 0 Å². The second kappa shape index (κ2) is 14.3. The van der Waals surface area contributed by atoms with Crippen LogP contribution in [-0.4, -0.2) is 29.5 Å². The van der Waals surface area contributed by atoms with E-state index in [0.717, 1.165) is 72.3 Å². The number of aromatic nitrogens is 6. The number of benzene rings is 7. The molecule has 0 fully saturated rings. The molecule has 266 valence electrons. The summed E-state index contributed by atoms with van der Waals surface area (Å²) >= 11 is 0. The van der Waals surface area contributed by atoms with Crippen molar-refractivity contribution in [1.29, 1.82) is 0 Å². The fraction of sp³-hybridized carbons (Fsp3) is 0. The molecule has 7 nitrogen and oxygen atoms in total. The molecule has 0 saturated carbocycles. The summed E-state index contributed by atoms with van der Waals surface area (Å²) in [5.41, 5.74) is 10.3. The molecule has 0 bridgehead atoms. The first kappa shape index (κ1) is 33.5. The van der Waals surface area contributed by atoms with Gasteiger partial charge in [-0.25, -0.2) is 29.8 Å². The second-order valence-corrected chi connectivity index (χ2v) is 13.6. The number of fused-ring (bicyclic) bond motifs is 3. The molecule has 10 aromatic rings. The topological polar surface area (TPSA) is 73.7 Å². The molecule has 0 amide bonds. The minimum absolute atomic E-state index is 0.536. The Morgan fingerprint density at radius 3 is 1.46 bits per heavy atom. The Morgan fingerprint density at radius 2 is 0.860 bits per heavy atom. The lowest BCUT2D eigenvalue weighted by molar-refractivity contribution is 1.07. The van der Waals surface area contributed by atoms with E-state index >= 15 is 0 Å². The van der Waals surface area contributed by atoms with Gasteiger partial charge in [-0.1, -0.05) is 152 Å². The van der Waals surface area contributed by atoms with Crippen LogP contribution in [0.15, 0.2) is 188 Å². The minimum Gasteiger partial charge on any atom is -0.310 e. The van der Waals surface area contributed by atoms with E-state index in [-0.39, 0.29) is 0 Å². The second-order valence-electron chi connectivity index (χ2n) is 13.6. The summed E-state index contributed by atoms with van der Waals surface area (Å²) in [6.07, 6.45) is 0. The molecule has 0 aliphatic rings. The van der Waals surface area contributed by atoms with Crippen LogP contribution < -0.4 is 0 Å². The highest BCUT2D eigenvalue weighted by molar-refractivity contribution is 6.10. The molecule has 0 saturated heterocycles. The third kappa shape index (κ3) is 6.27. The van der Waals surface area contributed by atoms with Gasteiger partial charge in [0.05, 0.1) is 29.2 Å². The zero-order valence-corrected chi connectivity index (χ0v) is 30.5. The molecule has 3 heterocycles. The van der Waals surface area contributed by atoms with Crippen molar-refractivity contribution >= 4 is 27.5 Å². The maximum absolute atomic E-state index is 7.88. The van der Waals surface area contributed by atoms with Gasteiger partial charge < -0.3 is 4.57 Å². The summed E-state index contributed by atoms with van der Waals surface area (Å²) in [6, 6.07) is 62.8. The normalized spacial score (nSPS) is 11.1. The molecule has 0 spiro atoms. The first-order chi connectivity index (χ1) is 28.2. The van der Waals surface area contributed by atoms with Crippen molar-refractivity contribution in [3.05, 3.63) is 199 Å². The molecule has 0 aliphatic heterocycles. The minimum atomic E-state index is 0.536. The average molecular weight is 730 g/mol. The smallest absolute Gasteiger partial charge is 0.189 e. The first-order valence-corrected chi connectivity index (χ1v) is 18.6. The molecule has 0 atom stereocenters. The molecule has 7 heteroatoms. The van der Waals surface area contributed by atoms with Crippen LogP contribution in [0.5, 0.6) is 0 Å². The summed E-state index contributed by atoms with van der Waals surface area (Å²) in [5, 5.41) is 2.15. The maximum atomic E-state index is 7.88. The van der Waals surface area contributed by atoms with Crippen LogP contribution >= 0.6 is 0 Å². The number of para-hydroxylation sites is 1. The highest BCUT2D eigenvalue weighted by Crippen LogP contribution is 2.40. The molecule has 57 heavy (non-hydrogen) atoms. The summed E-state index contributed by atoms with van der Waals surface area (Å²) in [4.78, 5) is 29.3. The van der Waals surface area contributed by atoms with Crippen molar-refractivity contribution in [3.8, 4) is 73.8 Å². The zero-order valence-electron chi connectivity index (χ0n) is 30.5. The van der Waals surface area contributed by atoms with E-state index in [1.165, 1.54) is 0 Å². The Bertz CT molecular complexity index is 3000. The van der Waals surface area contributed by atoms with Crippen molar-refractivity contribution in [2.75, 3.05) is 0 Å². The van der Waals surface area contributed by atoms with Crippen LogP contribution in [-0.2, 0) is 0 Å². The number of hydrogen-bond acceptors (Lipinski definition) is 5. The Kier molecular flexibility index (Phi) is 8.40. The molecule has 0 unspecified atom stereocenters. The average Bonchev–Trinajstić information content (AvgIpc) is 3.63. The van der Waals surface area contributed by atoms with Crippen molar-refractivity contribution in [2.24, 2.45) is 0 Å². The van der Waals surface area contributed by atoms with Gasteiger partial charge in [-0.05, 0) is 36.4 Å². The summed E-state index contributed by atoms with van der Waals surface area (Å²) in [5.74, 6) is 2.31. The van der Waals surface area contributed by atoms with Crippen LogP contribution in [0.1, 0.15) is 0 Å². The van der Waals surface area contributed by atoms with Gasteiger partial charge in [0.15, 0.2) is 29.0 Å². The fourth-order valence-electron chi connectivity index (χ4n) is 7.36. The van der Waals surface area contributed by atoms with Crippen LogP contribution in [0.3, 0.4) is 0 Å². The van der Waals surface area contributed by atoms with Gasteiger partial charge in [0.2, 0.25) is 0 Å². The molecule has 0 radical (unpaired) electrons. The van der Waals surface area contributed by atoms with Crippen LogP contribution in [0.2, 0.25) is 0 Å². The van der Waals surface area contributed by atoms with E-state index in [2.05, 4.69) is 64.0 Å². The summed E-state index contributed by atoms with van der Waals surface area (Å²) < 4.78 is 2.24. The number of hydrogen-bond donors (Lipinski definition) is 0. The molecular weight excluding hydrogens is 699 g/mol. The zero-order chi connectivity index (χ0) is 38.1. The van der Waals surface area contributed by atoms with Gasteiger partial charge in [-0.3, -0.25) is 0 Å². The monoisotopic (exact) mass is 729 g/mol. The van der Waals surface area contributed by atoms with Gasteiger partial charge in [0, 0.05) is 49.7 Å². The molecule has 0 N–H and O–H groups in total. The standard InChI is InChI=1S/C50H31N7/c1-51-38-27-28-40-39-24-14-15-25-44(39)57(46(40)31-38)45-29-26-37(50-55-48(35-20-10-4-11-21-35)54-49(56-50)36-22-12-5-13-23-36)30-41(45)43-32-42(33-16-6-2-7-17-33)52-47(53-43)34-18-8-3-9-19-34/h2-32H. The Hall–Kier alpha value is -8.08. The van der Waals surface area contributed by atoms with Crippen molar-refractivity contribution in [3.63, 3.8) is 0 Å². The van der Waals surface area contributed by atoms with E-state index < -0.39 is 0 Å². The predicted octanol–water partition coefficient (Wildman–Crippen LogP) is 12.3. The molecule has 10 rings (SSSR count). The van der Waals surface area contributed by atoms with Gasteiger partial charge in [-0.15, -0.1) is 0 Å². The molecular formula is C50H31N7. The van der Waals surface area contributed by atoms with Gasteiger partial charge >= 0.3 is 0 Å². The SMILES string of the molecule is [C-]#[N+]c1ccc2c3ccccc3n(-c3ccc(-c4nc(-c5ccccc5)nc(-c5ccccc5)n4)cc3-c3cc(-c4ccccc4)nc(-c4ccccc4)n3)c2c1. The highest BCUT2D eigenvalue weighted by atomic mass is 15.0. The lowest BCUT2D eigenvalue weighted by Gasteiger charge is -2.17. The van der Waals surface area contributed by atoms with Crippen LogP contribution in [0.25, 0.3) is 100 Å². The Balaban J connectivity index is 1.28. The number of rotatable bonds is 7. The summed E-state index contributed by atoms with van der Waals surface area (Å²) in [6.45, 7) is 7.88. The lowest BCUT2D eigenvalue weighted by Crippen LogP contribution is -2.03. The fourth-order valence-corrected chi connectivity index (χ4v) is 7.36. The number of nitrogens with zero attached hydrogens (tertiary/aromatic N) is 7. The molecule has 0 aliphatic carbocycles. The Labute approximate surface area is 329 Å². The lowest BCUT2D eigenvalue weighted by atomic mass is 10.0. The van der Waals surface area contributed by atoms with Crippen LogP contribution in [0, 0.1) is 6.57 Å². The summed E-state index contributed by atoms with van der Waals surface area (Å²) in [7, 11) is 0. The molecule has 3 aromatic heterocycles. The van der Waals surface area contributed by atoms with Crippen LogP contribution in [0.4, 0.5) is 5.69 Å². The van der Waals surface area contributed by atoms with Gasteiger partial charge in [0.1, 0.15) is 0 Å². The largest absolute Gasteiger partial charge is 0.310 e. The predicted molar refractivity (Wildman–Crippen MR) is 229 cm³/mol. The van der Waals surface area contributed by atoms with Crippen molar-refractivity contribution < 1.29 is 0 Å². The first-order valence-electron chi connectivity index (χ1n) is 18.6. The quantitative estimate of drug-likeness (QED) is 0.153. The van der Waals surface area contributed by atoms with E-state index in [9.17, 15) is 0 Å². The van der Waals surface area contributed by atoms with E-state index in [1.54, 1.807) is 0 Å². The van der Waals surface area contributed by atoms with Gasteiger partial charge in [0.25, 0.3) is 0 Å². The van der Waals surface area contributed by atoms with Gasteiger partial charge in [-0.2, -0.15) is 0 Å². The third-order valence-corrected chi connectivity index (χ3v) is 10.1. The third-order valence-electron chi connectivity index (χ3n) is 10.1. The van der Waals surface area contributed by atoms with Crippen molar-refractivity contribution in [1.82, 2.24) is 29.5 Å².